The molecule has 0 aliphatic heterocycles. The molecule has 74 valence electrons. The average molecular weight is 216 g/mol. The van der Waals surface area contributed by atoms with Gasteiger partial charge in [0.15, 0.2) is 0 Å². The number of rotatable bonds is 2. The highest BCUT2D eigenvalue weighted by molar-refractivity contribution is 7.07. The highest BCUT2D eigenvalue weighted by atomic mass is 32.1. The summed E-state index contributed by atoms with van der Waals surface area (Å²) in [7, 11) is 0. The van der Waals surface area contributed by atoms with Crippen LogP contribution in [0.1, 0.15) is 11.1 Å². The maximum Gasteiger partial charge on any atom is 0.268 e. The molecule has 0 bridgehead atoms. The Balaban J connectivity index is 2.39. The van der Waals surface area contributed by atoms with Crippen LogP contribution in [0.4, 0.5) is 0 Å². The summed E-state index contributed by atoms with van der Waals surface area (Å²) in [5.41, 5.74) is 1.04. The van der Waals surface area contributed by atoms with Crippen molar-refractivity contribution in [3.8, 4) is 6.07 Å². The first-order chi connectivity index (χ1) is 7.31. The molecule has 0 aliphatic carbocycles. The summed E-state index contributed by atoms with van der Waals surface area (Å²) in [5.74, 6) is 0. The van der Waals surface area contributed by atoms with Crippen LogP contribution in [0.5, 0.6) is 0 Å². The van der Waals surface area contributed by atoms with E-state index in [1.165, 1.54) is 6.07 Å². The van der Waals surface area contributed by atoms with Gasteiger partial charge < -0.3 is 4.57 Å². The maximum atomic E-state index is 11.7. The number of aromatic nitrogens is 1. The smallest absolute Gasteiger partial charge is 0.268 e. The van der Waals surface area contributed by atoms with Crippen LogP contribution in [0.15, 0.2) is 40.0 Å². The van der Waals surface area contributed by atoms with Crippen molar-refractivity contribution in [2.45, 2.75) is 6.54 Å². The standard InChI is InChI=1S/C11H8N2OS/c12-6-10-2-1-4-13(11(10)14)7-9-3-5-15-8-9/h1-5,8H,7H2. The predicted molar refractivity (Wildman–Crippen MR) is 58.8 cm³/mol. The minimum atomic E-state index is -0.230. The van der Waals surface area contributed by atoms with E-state index in [0.717, 1.165) is 5.56 Å². The molecule has 0 fully saturated rings. The minimum absolute atomic E-state index is 0.188. The highest BCUT2D eigenvalue weighted by Crippen LogP contribution is 2.06. The zero-order chi connectivity index (χ0) is 10.7. The van der Waals surface area contributed by atoms with E-state index < -0.39 is 0 Å². The Morgan fingerprint density at radius 1 is 1.47 bits per heavy atom. The van der Waals surface area contributed by atoms with Crippen molar-refractivity contribution in [1.82, 2.24) is 4.57 Å². The molecule has 15 heavy (non-hydrogen) atoms. The second-order valence-electron chi connectivity index (χ2n) is 3.10. The van der Waals surface area contributed by atoms with E-state index in [0.29, 0.717) is 6.54 Å². The molecule has 2 aromatic heterocycles. The van der Waals surface area contributed by atoms with Crippen molar-refractivity contribution in [1.29, 1.82) is 5.26 Å². The van der Waals surface area contributed by atoms with Crippen molar-refractivity contribution in [3.63, 3.8) is 0 Å². The van der Waals surface area contributed by atoms with Crippen LogP contribution >= 0.6 is 11.3 Å². The van der Waals surface area contributed by atoms with Gasteiger partial charge in [0.2, 0.25) is 0 Å². The minimum Gasteiger partial charge on any atom is -0.310 e. The van der Waals surface area contributed by atoms with Crippen molar-refractivity contribution in [2.75, 3.05) is 0 Å². The van der Waals surface area contributed by atoms with Crippen LogP contribution in [-0.4, -0.2) is 4.57 Å². The Morgan fingerprint density at radius 3 is 3.00 bits per heavy atom. The molecule has 0 spiro atoms. The monoisotopic (exact) mass is 216 g/mol. The molecule has 2 aromatic rings. The van der Waals surface area contributed by atoms with Gasteiger partial charge in [-0.05, 0) is 34.5 Å². The Morgan fingerprint density at radius 2 is 2.33 bits per heavy atom. The van der Waals surface area contributed by atoms with E-state index in [1.54, 1.807) is 28.2 Å². The van der Waals surface area contributed by atoms with Crippen LogP contribution in [0.25, 0.3) is 0 Å². The van der Waals surface area contributed by atoms with Gasteiger partial charge in [-0.1, -0.05) is 0 Å². The summed E-state index contributed by atoms with van der Waals surface area (Å²) >= 11 is 1.59. The third kappa shape index (κ3) is 1.97. The molecule has 0 unspecified atom stereocenters. The average Bonchev–Trinajstić information content (AvgIpc) is 2.74. The molecule has 3 nitrogen and oxygen atoms in total. The van der Waals surface area contributed by atoms with Crippen LogP contribution in [-0.2, 0) is 6.54 Å². The Kier molecular flexibility index (Phi) is 2.66. The number of nitrogens with zero attached hydrogens (tertiary/aromatic N) is 2. The molecule has 0 atom stereocenters. The third-order valence-electron chi connectivity index (χ3n) is 2.07. The summed E-state index contributed by atoms with van der Waals surface area (Å²) < 4.78 is 1.54. The van der Waals surface area contributed by atoms with Gasteiger partial charge in [0.25, 0.3) is 5.56 Å². The number of thiophene rings is 1. The molecule has 2 rings (SSSR count). The van der Waals surface area contributed by atoms with E-state index >= 15 is 0 Å². The third-order valence-corrected chi connectivity index (χ3v) is 2.81. The summed E-state index contributed by atoms with van der Waals surface area (Å²) in [5, 5.41) is 12.7. The first-order valence-corrected chi connectivity index (χ1v) is 5.36. The van der Waals surface area contributed by atoms with Gasteiger partial charge in [-0.25, -0.2) is 0 Å². The molecule has 0 saturated carbocycles. The van der Waals surface area contributed by atoms with E-state index in [-0.39, 0.29) is 11.1 Å². The van der Waals surface area contributed by atoms with Crippen molar-refractivity contribution < 1.29 is 0 Å². The highest BCUT2D eigenvalue weighted by Gasteiger charge is 2.02. The van der Waals surface area contributed by atoms with Crippen LogP contribution in [0, 0.1) is 11.3 Å². The van der Waals surface area contributed by atoms with Crippen molar-refractivity contribution >= 4 is 11.3 Å². The van der Waals surface area contributed by atoms with Gasteiger partial charge in [-0.2, -0.15) is 16.6 Å². The lowest BCUT2D eigenvalue weighted by Crippen LogP contribution is -2.21. The lowest BCUT2D eigenvalue weighted by Gasteiger charge is -2.03. The second-order valence-corrected chi connectivity index (χ2v) is 3.88. The summed E-state index contributed by atoms with van der Waals surface area (Å²) in [6.45, 7) is 0.526. The topological polar surface area (TPSA) is 45.8 Å². The van der Waals surface area contributed by atoms with Crippen molar-refractivity contribution in [2.24, 2.45) is 0 Å². The fourth-order valence-electron chi connectivity index (χ4n) is 1.33. The Hall–Kier alpha value is -1.86. The van der Waals surface area contributed by atoms with E-state index in [4.69, 9.17) is 5.26 Å². The van der Waals surface area contributed by atoms with E-state index in [9.17, 15) is 4.79 Å². The molecule has 0 radical (unpaired) electrons. The summed E-state index contributed by atoms with van der Waals surface area (Å²) in [4.78, 5) is 11.7. The fraction of sp³-hybridized carbons (Fsp3) is 0.0909. The normalized spacial score (nSPS) is 9.80. The van der Waals surface area contributed by atoms with Gasteiger partial charge in [-0.3, -0.25) is 4.79 Å². The fourth-order valence-corrected chi connectivity index (χ4v) is 1.99. The largest absolute Gasteiger partial charge is 0.310 e. The van der Waals surface area contributed by atoms with Crippen LogP contribution in [0.3, 0.4) is 0 Å². The lowest BCUT2D eigenvalue weighted by molar-refractivity contribution is 0.759. The molecule has 4 heteroatoms. The van der Waals surface area contributed by atoms with Crippen molar-refractivity contribution in [3.05, 3.63) is 56.6 Å². The molecular weight excluding hydrogens is 208 g/mol. The first kappa shape index (κ1) is 9.69. The quantitative estimate of drug-likeness (QED) is 0.768. The molecular formula is C11H8N2OS. The van der Waals surface area contributed by atoms with Gasteiger partial charge in [0, 0.05) is 6.20 Å². The van der Waals surface area contributed by atoms with Gasteiger partial charge in [0.05, 0.1) is 6.54 Å². The van der Waals surface area contributed by atoms with Crippen LogP contribution < -0.4 is 5.56 Å². The van der Waals surface area contributed by atoms with Gasteiger partial charge in [0.1, 0.15) is 11.6 Å². The molecule has 0 saturated heterocycles. The summed E-state index contributed by atoms with van der Waals surface area (Å²) in [6.07, 6.45) is 1.70. The Bertz CT molecular complexity index is 549. The van der Waals surface area contributed by atoms with E-state index in [1.807, 2.05) is 22.9 Å². The number of nitriles is 1. The zero-order valence-corrected chi connectivity index (χ0v) is 8.70. The zero-order valence-electron chi connectivity index (χ0n) is 7.88. The lowest BCUT2D eigenvalue weighted by atomic mass is 10.3. The molecule has 2 heterocycles. The number of hydrogen-bond donors (Lipinski definition) is 0. The Labute approximate surface area is 90.8 Å². The first-order valence-electron chi connectivity index (χ1n) is 4.42. The van der Waals surface area contributed by atoms with Gasteiger partial charge >= 0.3 is 0 Å². The number of pyridine rings is 1. The van der Waals surface area contributed by atoms with Crippen LogP contribution in [0.2, 0.25) is 0 Å². The second kappa shape index (κ2) is 4.11. The molecule has 0 aliphatic rings. The summed E-state index contributed by atoms with van der Waals surface area (Å²) in [6, 6.07) is 7.10. The molecule has 0 amide bonds. The SMILES string of the molecule is N#Cc1cccn(Cc2ccsc2)c1=O. The maximum absolute atomic E-state index is 11.7. The molecule has 0 aromatic carbocycles. The van der Waals surface area contributed by atoms with Gasteiger partial charge in [-0.15, -0.1) is 0 Å². The predicted octanol–water partition coefficient (Wildman–Crippen LogP) is 1.83. The van der Waals surface area contributed by atoms with E-state index in [2.05, 4.69) is 0 Å². The molecule has 0 N–H and O–H groups in total. The number of hydrogen-bond acceptors (Lipinski definition) is 3.